The average molecular weight is 458 g/mol. The summed E-state index contributed by atoms with van der Waals surface area (Å²) in [6.45, 7) is 0.170. The topological polar surface area (TPSA) is 108 Å². The number of ether oxygens (including phenoxy) is 1. The number of hydrogen-bond donors (Lipinski definition) is 1. The van der Waals surface area contributed by atoms with Crippen LogP contribution in [0, 0.1) is 0 Å². The molecule has 0 aliphatic carbocycles. The molecular formula is C19H17F3N2O6S. The van der Waals surface area contributed by atoms with E-state index < -0.39 is 31.9 Å². The minimum Gasteiger partial charge on any atom is -0.495 e. The monoisotopic (exact) mass is 458 g/mol. The Morgan fingerprint density at radius 3 is 2.58 bits per heavy atom. The maximum atomic E-state index is 12.8. The number of sulfone groups is 1. The van der Waals surface area contributed by atoms with Gasteiger partial charge in [0, 0.05) is 13.0 Å². The van der Waals surface area contributed by atoms with E-state index in [0.29, 0.717) is 17.2 Å². The van der Waals surface area contributed by atoms with Crippen molar-refractivity contribution in [1.82, 2.24) is 4.57 Å². The summed E-state index contributed by atoms with van der Waals surface area (Å²) in [5, 5.41) is 2.35. The Kier molecular flexibility index (Phi) is 6.11. The molecule has 0 atom stereocenters. The first-order valence-electron chi connectivity index (χ1n) is 8.92. The van der Waals surface area contributed by atoms with Crippen LogP contribution in [0.25, 0.3) is 11.1 Å². The van der Waals surface area contributed by atoms with Crippen LogP contribution in [-0.2, 0) is 21.2 Å². The van der Waals surface area contributed by atoms with Crippen LogP contribution >= 0.6 is 0 Å². The predicted octanol–water partition coefficient (Wildman–Crippen LogP) is 3.32. The molecule has 0 aliphatic heterocycles. The highest BCUT2D eigenvalue weighted by Crippen LogP contribution is 2.34. The molecule has 1 amide bonds. The summed E-state index contributed by atoms with van der Waals surface area (Å²) in [4.78, 5) is 23.2. The number of alkyl halides is 3. The number of hydrogen-bond acceptors (Lipinski definition) is 6. The van der Waals surface area contributed by atoms with Crippen LogP contribution in [0.15, 0.2) is 56.6 Å². The molecule has 31 heavy (non-hydrogen) atoms. The van der Waals surface area contributed by atoms with E-state index in [2.05, 4.69) is 5.32 Å². The van der Waals surface area contributed by atoms with Crippen LogP contribution in [-0.4, -0.2) is 31.5 Å². The number of halogens is 3. The van der Waals surface area contributed by atoms with Gasteiger partial charge in [0.15, 0.2) is 5.58 Å². The highest BCUT2D eigenvalue weighted by Gasteiger charge is 2.47. The molecule has 2 aromatic carbocycles. The fourth-order valence-electron chi connectivity index (χ4n) is 2.92. The van der Waals surface area contributed by atoms with Gasteiger partial charge >= 0.3 is 11.3 Å². The first-order chi connectivity index (χ1) is 14.5. The summed E-state index contributed by atoms with van der Waals surface area (Å²) in [6.07, 6.45) is 0.128. The third kappa shape index (κ3) is 4.58. The van der Waals surface area contributed by atoms with Gasteiger partial charge < -0.3 is 14.5 Å². The largest absolute Gasteiger partial charge is 0.501 e. The quantitative estimate of drug-likeness (QED) is 0.582. The molecule has 1 aromatic heterocycles. The van der Waals surface area contributed by atoms with Crippen LogP contribution in [0.3, 0.4) is 0 Å². The molecule has 0 saturated heterocycles. The minimum absolute atomic E-state index is 0.00785. The fraction of sp³-hybridized carbons (Fsp3) is 0.263. The average Bonchev–Trinajstić information content (AvgIpc) is 3.02. The Hall–Kier alpha value is -3.28. The first kappa shape index (κ1) is 22.4. The first-order valence-corrected chi connectivity index (χ1v) is 10.4. The van der Waals surface area contributed by atoms with E-state index >= 15 is 0 Å². The molecule has 0 saturated carbocycles. The van der Waals surface area contributed by atoms with Crippen molar-refractivity contribution in [3.63, 3.8) is 0 Å². The summed E-state index contributed by atoms with van der Waals surface area (Å²) in [5.41, 5.74) is -4.73. The Bertz CT molecular complexity index is 1280. The van der Waals surface area contributed by atoms with Gasteiger partial charge in [-0.15, -0.1) is 0 Å². The van der Waals surface area contributed by atoms with Crippen molar-refractivity contribution in [3.8, 4) is 5.75 Å². The number of fused-ring (bicyclic) bond motifs is 1. The number of nitrogens with one attached hydrogen (secondary N) is 1. The molecule has 166 valence electrons. The molecule has 1 heterocycles. The van der Waals surface area contributed by atoms with E-state index in [1.54, 1.807) is 24.3 Å². The van der Waals surface area contributed by atoms with Gasteiger partial charge in [0.1, 0.15) is 5.75 Å². The smallest absolute Gasteiger partial charge is 0.495 e. The zero-order chi connectivity index (χ0) is 22.8. The Morgan fingerprint density at radius 1 is 1.19 bits per heavy atom. The minimum atomic E-state index is -5.59. The van der Waals surface area contributed by atoms with Crippen molar-refractivity contribution in [3.05, 3.63) is 53.0 Å². The standard InChI is InChI=1S/C19H17F3N2O6S/c1-29-15-9-8-12(31(27,28)19(20,21)22)11-13(15)23-17(25)7-4-10-24-14-5-2-3-6-16(14)30-18(24)26/h2-3,5-6,8-9,11H,4,7,10H2,1H3,(H,23,25). The van der Waals surface area contributed by atoms with Gasteiger partial charge in [-0.05, 0) is 36.8 Å². The number of anilines is 1. The van der Waals surface area contributed by atoms with Crippen LogP contribution in [0.4, 0.5) is 18.9 Å². The molecule has 0 radical (unpaired) electrons. The van der Waals surface area contributed by atoms with E-state index in [9.17, 15) is 31.2 Å². The number of aromatic nitrogens is 1. The Labute approximate surface area is 174 Å². The summed E-state index contributed by atoms with van der Waals surface area (Å²) >= 11 is 0. The molecular weight excluding hydrogens is 441 g/mol. The summed E-state index contributed by atoms with van der Waals surface area (Å²) < 4.78 is 73.1. The van der Waals surface area contributed by atoms with Crippen molar-refractivity contribution in [1.29, 1.82) is 0 Å². The molecule has 3 aromatic rings. The number of rotatable bonds is 7. The molecule has 3 rings (SSSR count). The van der Waals surface area contributed by atoms with Crippen LogP contribution in [0.2, 0.25) is 0 Å². The predicted molar refractivity (Wildman–Crippen MR) is 105 cm³/mol. The Morgan fingerprint density at radius 2 is 1.90 bits per heavy atom. The third-order valence-corrected chi connectivity index (χ3v) is 5.90. The number of carbonyl (C=O) groups excluding carboxylic acids is 1. The molecule has 1 N–H and O–H groups in total. The van der Waals surface area contributed by atoms with E-state index in [1.165, 1.54) is 11.7 Å². The maximum absolute atomic E-state index is 12.8. The fourth-order valence-corrected chi connectivity index (χ4v) is 3.71. The number of nitrogens with zero attached hydrogens (tertiary/aromatic N) is 1. The van der Waals surface area contributed by atoms with Crippen molar-refractivity contribution < 1.29 is 35.5 Å². The van der Waals surface area contributed by atoms with Gasteiger partial charge in [-0.3, -0.25) is 9.36 Å². The number of amides is 1. The van der Waals surface area contributed by atoms with Gasteiger partial charge in [0.2, 0.25) is 5.91 Å². The zero-order valence-electron chi connectivity index (χ0n) is 16.1. The van der Waals surface area contributed by atoms with Crippen molar-refractivity contribution in [2.45, 2.75) is 29.8 Å². The van der Waals surface area contributed by atoms with E-state index in [0.717, 1.165) is 12.1 Å². The SMILES string of the molecule is COc1ccc(S(=O)(=O)C(F)(F)F)cc1NC(=O)CCCn1c(=O)oc2ccccc21. The van der Waals surface area contributed by atoms with Crippen LogP contribution in [0.1, 0.15) is 12.8 Å². The molecule has 0 spiro atoms. The third-order valence-electron chi connectivity index (χ3n) is 4.42. The highest BCUT2D eigenvalue weighted by atomic mass is 32.2. The zero-order valence-corrected chi connectivity index (χ0v) is 16.9. The van der Waals surface area contributed by atoms with Gasteiger partial charge in [-0.25, -0.2) is 13.2 Å². The number of benzene rings is 2. The summed E-state index contributed by atoms with van der Waals surface area (Å²) in [6, 6.07) is 9.22. The van der Waals surface area contributed by atoms with Gasteiger partial charge in [0.25, 0.3) is 9.84 Å². The second-order valence-corrected chi connectivity index (χ2v) is 8.39. The van der Waals surface area contributed by atoms with Crippen LogP contribution < -0.4 is 15.8 Å². The molecule has 12 heteroatoms. The highest BCUT2D eigenvalue weighted by molar-refractivity contribution is 7.92. The van der Waals surface area contributed by atoms with Crippen molar-refractivity contribution in [2.75, 3.05) is 12.4 Å². The van der Waals surface area contributed by atoms with Gasteiger partial charge in [-0.2, -0.15) is 13.2 Å². The Balaban J connectivity index is 1.72. The second-order valence-electron chi connectivity index (χ2n) is 6.45. The van der Waals surface area contributed by atoms with E-state index in [-0.39, 0.29) is 30.8 Å². The summed E-state index contributed by atoms with van der Waals surface area (Å²) in [5.74, 6) is -1.18. The molecule has 0 bridgehead atoms. The second kappa shape index (κ2) is 8.46. The summed E-state index contributed by atoms with van der Waals surface area (Å²) in [7, 11) is -4.37. The molecule has 0 fully saturated rings. The number of para-hydroxylation sites is 2. The lowest BCUT2D eigenvalue weighted by Gasteiger charge is -2.13. The maximum Gasteiger partial charge on any atom is 0.501 e. The van der Waals surface area contributed by atoms with Gasteiger partial charge in [-0.1, -0.05) is 12.1 Å². The lowest BCUT2D eigenvalue weighted by Crippen LogP contribution is -2.23. The van der Waals surface area contributed by atoms with Crippen LogP contribution in [0.5, 0.6) is 5.75 Å². The number of aryl methyl sites for hydroxylation is 1. The number of carbonyl (C=O) groups is 1. The lowest BCUT2D eigenvalue weighted by molar-refractivity contribution is -0.116. The van der Waals surface area contributed by atoms with E-state index in [4.69, 9.17) is 9.15 Å². The molecule has 0 aliphatic rings. The molecule has 0 unspecified atom stereocenters. The number of methoxy groups -OCH3 is 1. The number of oxazole rings is 1. The van der Waals surface area contributed by atoms with Gasteiger partial charge in [0.05, 0.1) is 23.2 Å². The molecule has 8 nitrogen and oxygen atoms in total. The van der Waals surface area contributed by atoms with Crippen molar-refractivity contribution in [2.24, 2.45) is 0 Å². The van der Waals surface area contributed by atoms with E-state index in [1.807, 2.05) is 0 Å². The normalized spacial score (nSPS) is 12.1. The lowest BCUT2D eigenvalue weighted by atomic mass is 10.2. The van der Waals surface area contributed by atoms with Crippen molar-refractivity contribution >= 4 is 32.5 Å².